The molecule has 0 aromatic carbocycles. The molecule has 0 radical (unpaired) electrons. The van der Waals surface area contributed by atoms with Crippen LogP contribution in [0.5, 0.6) is 0 Å². The Kier molecular flexibility index (Phi) is 4.32. The van der Waals surface area contributed by atoms with E-state index >= 15 is 0 Å². The molecule has 106 valence electrons. The molecule has 1 aromatic rings. The van der Waals surface area contributed by atoms with E-state index in [-0.39, 0.29) is 16.6 Å². The highest BCUT2D eigenvalue weighted by molar-refractivity contribution is 7.89. The van der Waals surface area contributed by atoms with E-state index in [1.807, 2.05) is 4.72 Å². The van der Waals surface area contributed by atoms with Crippen LogP contribution in [0.2, 0.25) is 0 Å². The quantitative estimate of drug-likeness (QED) is 0.651. The third kappa shape index (κ3) is 3.55. The molecule has 0 saturated heterocycles. The Hall–Kier alpha value is -1.87. The van der Waals surface area contributed by atoms with Gasteiger partial charge < -0.3 is 15.4 Å². The van der Waals surface area contributed by atoms with E-state index in [4.69, 9.17) is 10.8 Å². The lowest BCUT2D eigenvalue weighted by Crippen LogP contribution is -2.33. The lowest BCUT2D eigenvalue weighted by atomic mass is 10.3. The number of nitrogens with one attached hydrogen (secondary N) is 1. The number of carbonyl (C=O) groups is 2. The highest BCUT2D eigenvalue weighted by Gasteiger charge is 2.22. The Morgan fingerprint density at radius 1 is 1.47 bits per heavy atom. The number of hydrogen-bond donors (Lipinski definition) is 3. The highest BCUT2D eigenvalue weighted by atomic mass is 32.2. The minimum atomic E-state index is -3.96. The van der Waals surface area contributed by atoms with Gasteiger partial charge >= 0.3 is 5.97 Å². The number of carbonyl (C=O) groups excluding carboxylic acids is 1. The zero-order valence-corrected chi connectivity index (χ0v) is 11.3. The zero-order chi connectivity index (χ0) is 14.8. The van der Waals surface area contributed by atoms with Crippen LogP contribution in [-0.4, -0.2) is 36.5 Å². The number of amides is 1. The van der Waals surface area contributed by atoms with Crippen molar-refractivity contribution in [1.29, 1.82) is 0 Å². The summed E-state index contributed by atoms with van der Waals surface area (Å²) in [6.45, 7) is 2.90. The number of carboxylic acids is 1. The van der Waals surface area contributed by atoms with Crippen LogP contribution < -0.4 is 10.5 Å². The third-order valence-corrected chi connectivity index (χ3v) is 3.71. The Bertz CT molecular complexity index is 603. The smallest absolute Gasteiger partial charge is 0.352 e. The minimum Gasteiger partial charge on any atom is -0.477 e. The number of hydrogen-bond acceptors (Lipinski definition) is 4. The summed E-state index contributed by atoms with van der Waals surface area (Å²) < 4.78 is 26.9. The van der Waals surface area contributed by atoms with Crippen molar-refractivity contribution in [3.63, 3.8) is 0 Å². The molecule has 1 heterocycles. The largest absolute Gasteiger partial charge is 0.477 e. The Morgan fingerprint density at radius 2 is 2.05 bits per heavy atom. The number of primary amides is 1. The maximum atomic E-state index is 11.8. The molecule has 0 spiro atoms. The van der Waals surface area contributed by atoms with Crippen LogP contribution in [0.4, 0.5) is 0 Å². The van der Waals surface area contributed by atoms with Gasteiger partial charge in [0.05, 0.1) is 6.54 Å². The van der Waals surface area contributed by atoms with Gasteiger partial charge in [0.25, 0.3) is 0 Å². The van der Waals surface area contributed by atoms with Gasteiger partial charge in [0.2, 0.25) is 15.9 Å². The summed E-state index contributed by atoms with van der Waals surface area (Å²) in [5, 5.41) is 9.00. The van der Waals surface area contributed by atoms with Crippen LogP contribution in [0.25, 0.3) is 0 Å². The molecule has 8 nitrogen and oxygen atoms in total. The topological polar surface area (TPSA) is 131 Å². The van der Waals surface area contributed by atoms with Gasteiger partial charge in [0.1, 0.15) is 10.6 Å². The molecule has 0 saturated carbocycles. The van der Waals surface area contributed by atoms with E-state index in [1.54, 1.807) is 13.8 Å². The molecular weight excluding hydrogens is 274 g/mol. The van der Waals surface area contributed by atoms with Gasteiger partial charge in [-0.2, -0.15) is 0 Å². The summed E-state index contributed by atoms with van der Waals surface area (Å²) >= 11 is 0. The van der Waals surface area contributed by atoms with Crippen LogP contribution in [0.1, 0.15) is 30.4 Å². The first-order chi connectivity index (χ1) is 8.65. The van der Waals surface area contributed by atoms with Gasteiger partial charge in [-0.1, -0.05) is 0 Å². The maximum Gasteiger partial charge on any atom is 0.352 e. The molecule has 1 aromatic heterocycles. The van der Waals surface area contributed by atoms with E-state index in [0.29, 0.717) is 0 Å². The summed E-state index contributed by atoms with van der Waals surface area (Å²) in [5.41, 5.74) is 4.70. The van der Waals surface area contributed by atoms with Crippen molar-refractivity contribution in [2.75, 3.05) is 6.54 Å². The highest BCUT2D eigenvalue weighted by Crippen LogP contribution is 2.18. The van der Waals surface area contributed by atoms with Crippen molar-refractivity contribution in [1.82, 2.24) is 9.29 Å². The number of nitrogens with zero attached hydrogens (tertiary/aromatic N) is 1. The fourth-order valence-corrected chi connectivity index (χ4v) is 2.47. The number of rotatable bonds is 6. The van der Waals surface area contributed by atoms with E-state index < -0.39 is 28.4 Å². The van der Waals surface area contributed by atoms with E-state index in [2.05, 4.69) is 0 Å². The molecule has 9 heteroatoms. The zero-order valence-electron chi connectivity index (χ0n) is 10.5. The number of carboxylic acid groups (broad SMARTS) is 1. The normalized spacial score (nSPS) is 11.7. The molecule has 4 N–H and O–H groups in total. The van der Waals surface area contributed by atoms with Gasteiger partial charge in [0.15, 0.2) is 0 Å². The van der Waals surface area contributed by atoms with Gasteiger partial charge in [-0.25, -0.2) is 17.9 Å². The fraction of sp³-hybridized carbons (Fsp3) is 0.400. The first-order valence-electron chi connectivity index (χ1n) is 5.38. The molecule has 0 atom stereocenters. The summed E-state index contributed by atoms with van der Waals surface area (Å²) in [6, 6.07) is 0.817. The van der Waals surface area contributed by atoms with Crippen molar-refractivity contribution in [2.24, 2.45) is 5.73 Å². The van der Waals surface area contributed by atoms with Crippen LogP contribution in [0, 0.1) is 0 Å². The first kappa shape index (κ1) is 15.2. The van der Waals surface area contributed by atoms with Crippen LogP contribution >= 0.6 is 0 Å². The Balaban J connectivity index is 3.18. The third-order valence-electron chi connectivity index (χ3n) is 2.35. The Labute approximate surface area is 110 Å². The molecule has 19 heavy (non-hydrogen) atoms. The fourth-order valence-electron chi connectivity index (χ4n) is 1.45. The number of aromatic carboxylic acids is 1. The molecule has 0 unspecified atom stereocenters. The van der Waals surface area contributed by atoms with Crippen molar-refractivity contribution in [2.45, 2.75) is 24.8 Å². The number of sulfonamides is 1. The summed E-state index contributed by atoms with van der Waals surface area (Å²) in [6.07, 6.45) is 1.21. The van der Waals surface area contributed by atoms with Gasteiger partial charge in [0, 0.05) is 12.2 Å². The molecular formula is C10H15N3O5S. The molecule has 0 fully saturated rings. The van der Waals surface area contributed by atoms with Gasteiger partial charge in [-0.15, -0.1) is 0 Å². The number of nitrogens with two attached hydrogens (primary N) is 1. The second kappa shape index (κ2) is 5.41. The average molecular weight is 289 g/mol. The van der Waals surface area contributed by atoms with Gasteiger partial charge in [-0.05, 0) is 19.9 Å². The first-order valence-corrected chi connectivity index (χ1v) is 6.86. The van der Waals surface area contributed by atoms with Crippen molar-refractivity contribution < 1.29 is 23.1 Å². The van der Waals surface area contributed by atoms with Crippen LogP contribution in [-0.2, 0) is 14.8 Å². The number of aromatic nitrogens is 1. The van der Waals surface area contributed by atoms with Crippen LogP contribution in [0.3, 0.4) is 0 Å². The second-order valence-electron chi connectivity index (χ2n) is 4.16. The van der Waals surface area contributed by atoms with Crippen molar-refractivity contribution >= 4 is 21.9 Å². The molecule has 1 rings (SSSR count). The molecule has 0 aliphatic rings. The monoisotopic (exact) mass is 289 g/mol. The maximum absolute atomic E-state index is 11.8. The summed E-state index contributed by atoms with van der Waals surface area (Å²) in [4.78, 5) is 21.4. The van der Waals surface area contributed by atoms with Crippen molar-refractivity contribution in [3.8, 4) is 0 Å². The lowest BCUT2D eigenvalue weighted by Gasteiger charge is -2.09. The molecule has 0 bridgehead atoms. The van der Waals surface area contributed by atoms with Crippen molar-refractivity contribution in [3.05, 3.63) is 18.0 Å². The standard InChI is InChI=1S/C10H15N3O5S/c1-6(2)13-5-7(3-8(13)10(15)16)19(17,18)12-4-9(11)14/h3,5-6,12H,4H2,1-2H3,(H2,11,14)(H,15,16). The van der Waals surface area contributed by atoms with E-state index in [1.165, 1.54) is 10.8 Å². The molecule has 0 aliphatic carbocycles. The summed E-state index contributed by atoms with van der Waals surface area (Å²) in [5.74, 6) is -2.06. The predicted molar refractivity (Wildman–Crippen MR) is 66.2 cm³/mol. The Morgan fingerprint density at radius 3 is 2.42 bits per heavy atom. The minimum absolute atomic E-state index is 0.144. The van der Waals surface area contributed by atoms with Gasteiger partial charge in [-0.3, -0.25) is 4.79 Å². The predicted octanol–water partition coefficient (Wildman–Crippen LogP) is -0.469. The second-order valence-corrected chi connectivity index (χ2v) is 5.93. The van der Waals surface area contributed by atoms with Crippen LogP contribution in [0.15, 0.2) is 17.2 Å². The molecule has 0 aliphatic heterocycles. The SMILES string of the molecule is CC(C)n1cc(S(=O)(=O)NCC(N)=O)cc1C(=O)O. The van der Waals surface area contributed by atoms with E-state index in [9.17, 15) is 18.0 Å². The lowest BCUT2D eigenvalue weighted by molar-refractivity contribution is -0.116. The van der Waals surface area contributed by atoms with E-state index in [0.717, 1.165) is 6.07 Å². The average Bonchev–Trinajstić information content (AvgIpc) is 2.72. The molecule has 1 amide bonds. The summed E-state index contributed by atoms with van der Waals surface area (Å²) in [7, 11) is -3.96.